The van der Waals surface area contributed by atoms with Gasteiger partial charge in [0.05, 0.1) is 6.04 Å². The average molecular weight is 273 g/mol. The molecule has 2 amide bonds. The lowest BCUT2D eigenvalue weighted by Gasteiger charge is -2.24. The number of halogens is 1. The van der Waals surface area contributed by atoms with Crippen LogP contribution in [-0.4, -0.2) is 23.4 Å². The second-order valence-corrected chi connectivity index (χ2v) is 4.00. The molecule has 0 aliphatic carbocycles. The van der Waals surface area contributed by atoms with Gasteiger partial charge in [0.25, 0.3) is 0 Å². The van der Waals surface area contributed by atoms with E-state index in [2.05, 4.69) is 5.32 Å². The lowest BCUT2D eigenvalue weighted by atomic mass is 10.0. The summed E-state index contributed by atoms with van der Waals surface area (Å²) in [6.07, 6.45) is -3.01. The Bertz CT molecular complexity index is 452. The van der Waals surface area contributed by atoms with Crippen LogP contribution in [0, 0.1) is 0 Å². The van der Waals surface area contributed by atoms with Gasteiger partial charge in [-0.2, -0.15) is 0 Å². The first-order valence-corrected chi connectivity index (χ1v) is 5.49. The van der Waals surface area contributed by atoms with Crippen molar-refractivity contribution in [1.82, 2.24) is 5.32 Å². The van der Waals surface area contributed by atoms with Crippen molar-refractivity contribution in [2.45, 2.75) is 19.1 Å². The fraction of sp³-hybridized carbons (Fsp3) is 0.273. The molecule has 4 N–H and O–H groups in total. The molecule has 2 atom stereocenters. The van der Waals surface area contributed by atoms with Gasteiger partial charge in [-0.25, -0.2) is 9.59 Å². The molecule has 0 spiro atoms. The molecule has 0 saturated carbocycles. The maximum absolute atomic E-state index is 10.8. The third-order valence-corrected chi connectivity index (χ3v) is 2.63. The number of hydrogen-bond donors (Lipinski definition) is 3. The monoisotopic (exact) mass is 272 g/mol. The highest BCUT2D eigenvalue weighted by molar-refractivity contribution is 6.31. The van der Waals surface area contributed by atoms with Crippen LogP contribution in [0.1, 0.15) is 18.5 Å². The number of rotatable bonds is 4. The van der Waals surface area contributed by atoms with Gasteiger partial charge < -0.3 is 20.9 Å². The minimum atomic E-state index is -1.25. The number of amides is 2. The third-order valence-electron chi connectivity index (χ3n) is 2.29. The van der Waals surface area contributed by atoms with Gasteiger partial charge in [0.2, 0.25) is 0 Å². The molecule has 0 radical (unpaired) electrons. The molecule has 18 heavy (non-hydrogen) atoms. The fourth-order valence-corrected chi connectivity index (χ4v) is 1.81. The van der Waals surface area contributed by atoms with Gasteiger partial charge in [0.1, 0.15) is 6.10 Å². The first kappa shape index (κ1) is 14.1. The van der Waals surface area contributed by atoms with E-state index in [1.54, 1.807) is 24.3 Å². The molecule has 6 nitrogen and oxygen atoms in total. The number of carboxylic acid groups (broad SMARTS) is 1. The molecule has 0 fully saturated rings. The van der Waals surface area contributed by atoms with E-state index in [1.165, 1.54) is 6.92 Å². The number of benzene rings is 1. The van der Waals surface area contributed by atoms with Crippen LogP contribution in [0.2, 0.25) is 5.02 Å². The van der Waals surface area contributed by atoms with Crippen LogP contribution >= 0.6 is 11.6 Å². The van der Waals surface area contributed by atoms with E-state index in [9.17, 15) is 9.59 Å². The summed E-state index contributed by atoms with van der Waals surface area (Å²) in [6.45, 7) is 1.52. The predicted octanol–water partition coefficient (Wildman–Crippen LogP) is 2.13. The van der Waals surface area contributed by atoms with Crippen LogP contribution in [0.5, 0.6) is 0 Å². The van der Waals surface area contributed by atoms with Gasteiger partial charge in [0.15, 0.2) is 0 Å². The van der Waals surface area contributed by atoms with Crippen LogP contribution < -0.4 is 11.1 Å². The standard InChI is InChI=1S/C11H13ClN2O4/c1-6(18-10(13)15)9(14-11(16)17)7-4-2-3-5-8(7)12/h2-6,9,14H,1H3,(H2,13,15)(H,16,17). The Labute approximate surface area is 109 Å². The van der Waals surface area contributed by atoms with Crippen molar-refractivity contribution in [2.24, 2.45) is 5.73 Å². The minimum Gasteiger partial charge on any atom is -0.465 e. The molecule has 7 heteroatoms. The lowest BCUT2D eigenvalue weighted by molar-refractivity contribution is 0.0897. The van der Waals surface area contributed by atoms with Gasteiger partial charge in [0, 0.05) is 5.02 Å². The minimum absolute atomic E-state index is 0.371. The second-order valence-electron chi connectivity index (χ2n) is 3.59. The summed E-state index contributed by atoms with van der Waals surface area (Å²) >= 11 is 5.98. The molecule has 1 rings (SSSR count). The van der Waals surface area contributed by atoms with E-state index < -0.39 is 24.3 Å². The SMILES string of the molecule is CC(OC(N)=O)C(NC(=O)O)c1ccccc1Cl. The Hall–Kier alpha value is -1.95. The molecule has 1 aromatic carbocycles. The quantitative estimate of drug-likeness (QED) is 0.781. The van der Waals surface area contributed by atoms with Crippen molar-refractivity contribution in [3.05, 3.63) is 34.9 Å². The van der Waals surface area contributed by atoms with E-state index in [0.717, 1.165) is 0 Å². The van der Waals surface area contributed by atoms with Crippen LogP contribution in [0.4, 0.5) is 9.59 Å². The first-order chi connectivity index (χ1) is 8.41. The number of carbonyl (C=O) groups is 2. The molecule has 0 heterocycles. The summed E-state index contributed by atoms with van der Waals surface area (Å²) in [5, 5.41) is 11.4. The van der Waals surface area contributed by atoms with Crippen molar-refractivity contribution < 1.29 is 19.4 Å². The summed E-state index contributed by atoms with van der Waals surface area (Å²) in [5.41, 5.74) is 5.42. The molecule has 0 aliphatic heterocycles. The van der Waals surface area contributed by atoms with Crippen LogP contribution in [-0.2, 0) is 4.74 Å². The summed E-state index contributed by atoms with van der Waals surface area (Å²) in [5.74, 6) is 0. The van der Waals surface area contributed by atoms with Crippen LogP contribution in [0.3, 0.4) is 0 Å². The normalized spacial score (nSPS) is 13.4. The summed E-state index contributed by atoms with van der Waals surface area (Å²) < 4.78 is 4.78. The highest BCUT2D eigenvalue weighted by Gasteiger charge is 2.25. The Morgan fingerprint density at radius 2 is 2.06 bits per heavy atom. The third kappa shape index (κ3) is 3.81. The van der Waals surface area contributed by atoms with Crippen molar-refractivity contribution >= 4 is 23.8 Å². The van der Waals surface area contributed by atoms with Crippen molar-refractivity contribution in [2.75, 3.05) is 0 Å². The lowest BCUT2D eigenvalue weighted by Crippen LogP contribution is -2.37. The number of carbonyl (C=O) groups excluding carboxylic acids is 1. The van der Waals surface area contributed by atoms with Crippen molar-refractivity contribution in [1.29, 1.82) is 0 Å². The highest BCUT2D eigenvalue weighted by Crippen LogP contribution is 2.26. The molecular formula is C11H13ClN2O4. The Morgan fingerprint density at radius 3 is 2.56 bits per heavy atom. The van der Waals surface area contributed by atoms with Crippen LogP contribution in [0.15, 0.2) is 24.3 Å². The zero-order chi connectivity index (χ0) is 13.7. The van der Waals surface area contributed by atoms with Crippen LogP contribution in [0.25, 0.3) is 0 Å². The maximum atomic E-state index is 10.8. The Morgan fingerprint density at radius 1 is 1.44 bits per heavy atom. The van der Waals surface area contributed by atoms with E-state index in [0.29, 0.717) is 10.6 Å². The maximum Gasteiger partial charge on any atom is 0.405 e. The molecule has 0 aromatic heterocycles. The number of nitrogens with two attached hydrogens (primary N) is 1. The van der Waals surface area contributed by atoms with E-state index in [4.69, 9.17) is 27.2 Å². The Kier molecular flexibility index (Phi) is 4.79. The summed E-state index contributed by atoms with van der Waals surface area (Å²) in [6, 6.07) is 5.88. The highest BCUT2D eigenvalue weighted by atomic mass is 35.5. The van der Waals surface area contributed by atoms with E-state index in [-0.39, 0.29) is 0 Å². The molecule has 0 saturated heterocycles. The molecule has 0 aliphatic rings. The zero-order valence-electron chi connectivity index (χ0n) is 9.59. The fourth-order valence-electron chi connectivity index (χ4n) is 1.56. The van der Waals surface area contributed by atoms with Gasteiger partial charge in [-0.3, -0.25) is 0 Å². The molecule has 98 valence electrons. The number of ether oxygens (including phenoxy) is 1. The zero-order valence-corrected chi connectivity index (χ0v) is 10.3. The number of nitrogens with one attached hydrogen (secondary N) is 1. The molecular weight excluding hydrogens is 260 g/mol. The van der Waals surface area contributed by atoms with E-state index in [1.807, 2.05) is 0 Å². The van der Waals surface area contributed by atoms with Gasteiger partial charge in [-0.1, -0.05) is 29.8 Å². The van der Waals surface area contributed by atoms with Gasteiger partial charge >= 0.3 is 12.2 Å². The topological polar surface area (TPSA) is 102 Å². The summed E-state index contributed by atoms with van der Waals surface area (Å²) in [4.78, 5) is 21.5. The number of hydrogen-bond acceptors (Lipinski definition) is 3. The van der Waals surface area contributed by atoms with Crippen molar-refractivity contribution in [3.8, 4) is 0 Å². The first-order valence-electron chi connectivity index (χ1n) is 5.11. The smallest absolute Gasteiger partial charge is 0.405 e. The number of primary amides is 1. The summed E-state index contributed by atoms with van der Waals surface area (Å²) in [7, 11) is 0. The molecule has 0 bridgehead atoms. The van der Waals surface area contributed by atoms with E-state index >= 15 is 0 Å². The van der Waals surface area contributed by atoms with Gasteiger partial charge in [-0.15, -0.1) is 0 Å². The van der Waals surface area contributed by atoms with Gasteiger partial charge in [-0.05, 0) is 18.6 Å². The van der Waals surface area contributed by atoms with Crippen molar-refractivity contribution in [3.63, 3.8) is 0 Å². The largest absolute Gasteiger partial charge is 0.465 e. The molecule has 1 aromatic rings. The Balaban J connectivity index is 3.01. The second kappa shape index (κ2) is 6.11. The predicted molar refractivity (Wildman–Crippen MR) is 65.5 cm³/mol. The average Bonchev–Trinajstić information content (AvgIpc) is 2.25. The molecule has 2 unspecified atom stereocenters.